The zero-order valence-corrected chi connectivity index (χ0v) is 6.96. The van der Waals surface area contributed by atoms with Gasteiger partial charge in [0.25, 0.3) is 5.91 Å². The molecule has 12 heavy (non-hydrogen) atoms. The Morgan fingerprint density at radius 3 is 3.00 bits per heavy atom. The SMILES string of the molecule is CC1=CC(C)=C2C(=O)N=NC2N1. The second-order valence-electron chi connectivity index (χ2n) is 2.99. The van der Waals surface area contributed by atoms with Gasteiger partial charge < -0.3 is 5.32 Å². The fraction of sp³-hybridized carbons (Fsp3) is 0.375. The summed E-state index contributed by atoms with van der Waals surface area (Å²) in [6.45, 7) is 3.85. The number of allylic oxidation sites excluding steroid dienone is 3. The smallest absolute Gasteiger partial charge is 0.295 e. The van der Waals surface area contributed by atoms with Crippen molar-refractivity contribution in [3.63, 3.8) is 0 Å². The van der Waals surface area contributed by atoms with Crippen LogP contribution in [0.15, 0.2) is 33.1 Å². The molecule has 2 heterocycles. The van der Waals surface area contributed by atoms with Crippen LogP contribution in [0.5, 0.6) is 0 Å². The summed E-state index contributed by atoms with van der Waals surface area (Å²) in [5, 5.41) is 10.4. The van der Waals surface area contributed by atoms with Crippen molar-refractivity contribution in [1.82, 2.24) is 5.32 Å². The molecule has 0 aromatic heterocycles. The first-order valence-electron chi connectivity index (χ1n) is 3.79. The molecule has 0 radical (unpaired) electrons. The third-order valence-corrected chi connectivity index (χ3v) is 1.99. The van der Waals surface area contributed by atoms with Crippen LogP contribution in [0.2, 0.25) is 0 Å². The molecule has 2 rings (SSSR count). The van der Waals surface area contributed by atoms with Crippen molar-refractivity contribution in [2.45, 2.75) is 20.0 Å². The van der Waals surface area contributed by atoms with Gasteiger partial charge in [-0.2, -0.15) is 5.11 Å². The Kier molecular flexibility index (Phi) is 1.36. The Morgan fingerprint density at radius 1 is 1.50 bits per heavy atom. The summed E-state index contributed by atoms with van der Waals surface area (Å²) in [7, 11) is 0. The van der Waals surface area contributed by atoms with Crippen molar-refractivity contribution in [1.29, 1.82) is 0 Å². The minimum atomic E-state index is -0.234. The maximum Gasteiger partial charge on any atom is 0.295 e. The standard InChI is InChI=1S/C8H9N3O/c1-4-3-5(2)9-7-6(4)8(12)11-10-7/h3,7,9H,1-2H3. The van der Waals surface area contributed by atoms with Crippen LogP contribution >= 0.6 is 0 Å². The summed E-state index contributed by atoms with van der Waals surface area (Å²) in [6, 6.07) is 0. The van der Waals surface area contributed by atoms with E-state index in [0.29, 0.717) is 5.57 Å². The number of rotatable bonds is 0. The number of amides is 1. The summed E-state index contributed by atoms with van der Waals surface area (Å²) in [5.41, 5.74) is 2.67. The van der Waals surface area contributed by atoms with Crippen LogP contribution < -0.4 is 5.32 Å². The Bertz CT molecular complexity index is 338. The molecule has 1 amide bonds. The molecule has 0 bridgehead atoms. The number of azo groups is 1. The first-order valence-corrected chi connectivity index (χ1v) is 3.79. The fourth-order valence-electron chi connectivity index (χ4n) is 1.48. The topological polar surface area (TPSA) is 53.8 Å². The van der Waals surface area contributed by atoms with E-state index in [2.05, 4.69) is 15.5 Å². The van der Waals surface area contributed by atoms with E-state index in [1.165, 1.54) is 0 Å². The largest absolute Gasteiger partial charge is 0.362 e. The van der Waals surface area contributed by atoms with E-state index < -0.39 is 0 Å². The quantitative estimate of drug-likeness (QED) is 0.582. The molecule has 1 atom stereocenters. The zero-order chi connectivity index (χ0) is 8.72. The summed E-state index contributed by atoms with van der Waals surface area (Å²) in [4.78, 5) is 11.1. The molecule has 62 valence electrons. The lowest BCUT2D eigenvalue weighted by molar-refractivity contribution is -0.114. The van der Waals surface area contributed by atoms with Gasteiger partial charge in [-0.15, -0.1) is 5.11 Å². The molecule has 0 saturated heterocycles. The van der Waals surface area contributed by atoms with Crippen LogP contribution in [0.4, 0.5) is 0 Å². The van der Waals surface area contributed by atoms with E-state index in [9.17, 15) is 4.79 Å². The molecule has 1 unspecified atom stereocenters. The maximum absolute atomic E-state index is 11.1. The van der Waals surface area contributed by atoms with E-state index in [-0.39, 0.29) is 12.1 Å². The molecular formula is C8H9N3O. The van der Waals surface area contributed by atoms with Gasteiger partial charge in [-0.05, 0) is 25.5 Å². The van der Waals surface area contributed by atoms with Gasteiger partial charge >= 0.3 is 0 Å². The maximum atomic E-state index is 11.1. The highest BCUT2D eigenvalue weighted by molar-refractivity contribution is 5.98. The van der Waals surface area contributed by atoms with Crippen LogP contribution in [0, 0.1) is 0 Å². The molecule has 0 aromatic rings. The normalized spacial score (nSPS) is 27.0. The van der Waals surface area contributed by atoms with Gasteiger partial charge in [0.05, 0.1) is 5.57 Å². The Balaban J connectivity index is 2.49. The van der Waals surface area contributed by atoms with Gasteiger partial charge in [-0.1, -0.05) is 0 Å². The third-order valence-electron chi connectivity index (χ3n) is 1.99. The minimum absolute atomic E-state index is 0.214. The molecule has 4 nitrogen and oxygen atoms in total. The second kappa shape index (κ2) is 2.27. The van der Waals surface area contributed by atoms with Gasteiger partial charge in [0.2, 0.25) is 0 Å². The lowest BCUT2D eigenvalue weighted by Crippen LogP contribution is -2.30. The van der Waals surface area contributed by atoms with Crippen molar-refractivity contribution in [2.24, 2.45) is 10.2 Å². The highest BCUT2D eigenvalue weighted by Gasteiger charge is 2.30. The second-order valence-corrected chi connectivity index (χ2v) is 2.99. The predicted octanol–water partition coefficient (Wildman–Crippen LogP) is 1.13. The Labute approximate surface area is 70.1 Å². The first kappa shape index (κ1) is 7.21. The number of hydrogen-bond acceptors (Lipinski definition) is 3. The Morgan fingerprint density at radius 2 is 2.25 bits per heavy atom. The van der Waals surface area contributed by atoms with Crippen molar-refractivity contribution in [2.75, 3.05) is 0 Å². The molecule has 0 spiro atoms. The molecule has 2 aliphatic heterocycles. The van der Waals surface area contributed by atoms with Crippen LogP contribution in [0.3, 0.4) is 0 Å². The number of hydrogen-bond donors (Lipinski definition) is 1. The highest BCUT2D eigenvalue weighted by Crippen LogP contribution is 2.24. The lowest BCUT2D eigenvalue weighted by atomic mass is 10.0. The first-order chi connectivity index (χ1) is 5.68. The summed E-state index contributed by atoms with van der Waals surface area (Å²) in [6.07, 6.45) is 1.70. The highest BCUT2D eigenvalue weighted by atomic mass is 16.2. The number of dihydropyridines is 1. The minimum Gasteiger partial charge on any atom is -0.362 e. The average Bonchev–Trinajstić information content (AvgIpc) is 2.31. The van der Waals surface area contributed by atoms with Crippen LogP contribution in [-0.2, 0) is 4.79 Å². The molecule has 0 aromatic carbocycles. The summed E-state index contributed by atoms with van der Waals surface area (Å²) >= 11 is 0. The molecule has 2 aliphatic rings. The average molecular weight is 163 g/mol. The van der Waals surface area contributed by atoms with Crippen molar-refractivity contribution < 1.29 is 4.79 Å². The van der Waals surface area contributed by atoms with E-state index in [1.807, 2.05) is 19.9 Å². The molecule has 0 aliphatic carbocycles. The number of carbonyl (C=O) groups is 1. The molecule has 4 heteroatoms. The monoisotopic (exact) mass is 163 g/mol. The Hall–Kier alpha value is -1.45. The molecular weight excluding hydrogens is 154 g/mol. The van der Waals surface area contributed by atoms with Gasteiger partial charge in [-0.25, -0.2) is 0 Å². The van der Waals surface area contributed by atoms with Gasteiger partial charge in [0.15, 0.2) is 6.17 Å². The van der Waals surface area contributed by atoms with Crippen LogP contribution in [-0.4, -0.2) is 12.1 Å². The number of nitrogens with zero attached hydrogens (tertiary/aromatic N) is 2. The zero-order valence-electron chi connectivity index (χ0n) is 6.96. The molecule has 0 saturated carbocycles. The molecule has 0 fully saturated rings. The van der Waals surface area contributed by atoms with E-state index in [0.717, 1.165) is 11.3 Å². The fourth-order valence-corrected chi connectivity index (χ4v) is 1.48. The van der Waals surface area contributed by atoms with Gasteiger partial charge in [0.1, 0.15) is 0 Å². The molecule has 1 N–H and O–H groups in total. The summed E-state index contributed by atoms with van der Waals surface area (Å²) in [5.74, 6) is -0.214. The van der Waals surface area contributed by atoms with E-state index >= 15 is 0 Å². The third kappa shape index (κ3) is 0.879. The number of fused-ring (bicyclic) bond motifs is 1. The van der Waals surface area contributed by atoms with E-state index in [4.69, 9.17) is 0 Å². The van der Waals surface area contributed by atoms with Crippen LogP contribution in [0.1, 0.15) is 13.8 Å². The number of carbonyl (C=O) groups excluding carboxylic acids is 1. The lowest BCUT2D eigenvalue weighted by Gasteiger charge is -2.18. The number of nitrogens with one attached hydrogen (secondary N) is 1. The van der Waals surface area contributed by atoms with Crippen LogP contribution in [0.25, 0.3) is 0 Å². The van der Waals surface area contributed by atoms with E-state index in [1.54, 1.807) is 0 Å². The predicted molar refractivity (Wildman–Crippen MR) is 43.2 cm³/mol. The van der Waals surface area contributed by atoms with Crippen molar-refractivity contribution >= 4 is 5.91 Å². The van der Waals surface area contributed by atoms with Crippen molar-refractivity contribution in [3.05, 3.63) is 22.9 Å². The summed E-state index contributed by atoms with van der Waals surface area (Å²) < 4.78 is 0. The van der Waals surface area contributed by atoms with Gasteiger partial charge in [0, 0.05) is 5.70 Å². The van der Waals surface area contributed by atoms with Crippen molar-refractivity contribution in [3.8, 4) is 0 Å². The van der Waals surface area contributed by atoms with Gasteiger partial charge in [-0.3, -0.25) is 4.79 Å².